The number of likely N-dealkylation sites (tertiary alicyclic amines) is 1. The summed E-state index contributed by atoms with van der Waals surface area (Å²) in [4.78, 5) is 13.5. The van der Waals surface area contributed by atoms with Crippen molar-refractivity contribution in [3.8, 4) is 5.69 Å². The van der Waals surface area contributed by atoms with E-state index in [1.807, 2.05) is 29.1 Å². The Morgan fingerprint density at radius 3 is 2.95 bits per heavy atom. The lowest BCUT2D eigenvalue weighted by Gasteiger charge is -2.34. The molecule has 116 valence electrons. The quantitative estimate of drug-likeness (QED) is 0.942. The molecule has 0 amide bonds. The Balaban J connectivity index is 1.73. The first kappa shape index (κ1) is 14.8. The first-order valence-corrected chi connectivity index (χ1v) is 7.66. The third-order valence-corrected chi connectivity index (χ3v) is 4.17. The second kappa shape index (κ2) is 6.32. The van der Waals surface area contributed by atoms with Crippen molar-refractivity contribution in [3.05, 3.63) is 48.3 Å². The SMILES string of the molecule is CC1CC(C(=O)O)CN(Cc2cccc(-n3cccn3)c2)C1. The number of aromatic nitrogens is 2. The number of benzene rings is 1. The molecule has 2 aromatic rings. The fraction of sp³-hybridized carbons (Fsp3) is 0.412. The molecule has 1 aromatic carbocycles. The largest absolute Gasteiger partial charge is 0.481 e. The van der Waals surface area contributed by atoms with Crippen LogP contribution >= 0.6 is 0 Å². The summed E-state index contributed by atoms with van der Waals surface area (Å²) < 4.78 is 1.84. The van der Waals surface area contributed by atoms with Crippen LogP contribution in [0.3, 0.4) is 0 Å². The highest BCUT2D eigenvalue weighted by Gasteiger charge is 2.29. The van der Waals surface area contributed by atoms with Crippen LogP contribution in [-0.2, 0) is 11.3 Å². The van der Waals surface area contributed by atoms with Gasteiger partial charge in [0, 0.05) is 32.0 Å². The van der Waals surface area contributed by atoms with Crippen LogP contribution < -0.4 is 0 Å². The minimum Gasteiger partial charge on any atom is -0.481 e. The maximum absolute atomic E-state index is 11.3. The molecular formula is C17H21N3O2. The van der Waals surface area contributed by atoms with Crippen LogP contribution in [0.4, 0.5) is 0 Å². The summed E-state index contributed by atoms with van der Waals surface area (Å²) in [7, 11) is 0. The second-order valence-electron chi connectivity index (χ2n) is 6.19. The fourth-order valence-electron chi connectivity index (χ4n) is 3.25. The van der Waals surface area contributed by atoms with E-state index in [2.05, 4.69) is 29.1 Å². The van der Waals surface area contributed by atoms with Gasteiger partial charge in [0.15, 0.2) is 0 Å². The normalized spacial score (nSPS) is 22.6. The number of carbonyl (C=O) groups is 1. The smallest absolute Gasteiger partial charge is 0.307 e. The van der Waals surface area contributed by atoms with Gasteiger partial charge in [0.2, 0.25) is 0 Å². The van der Waals surface area contributed by atoms with Crippen LogP contribution in [0.25, 0.3) is 5.69 Å². The first-order valence-electron chi connectivity index (χ1n) is 7.66. The van der Waals surface area contributed by atoms with Gasteiger partial charge in [0.05, 0.1) is 11.6 Å². The summed E-state index contributed by atoms with van der Waals surface area (Å²) in [6.45, 7) is 4.49. The van der Waals surface area contributed by atoms with Crippen LogP contribution in [-0.4, -0.2) is 38.8 Å². The molecule has 2 heterocycles. The van der Waals surface area contributed by atoms with E-state index in [1.54, 1.807) is 6.20 Å². The highest BCUT2D eigenvalue weighted by atomic mass is 16.4. The number of hydrogen-bond acceptors (Lipinski definition) is 3. The molecule has 2 atom stereocenters. The molecule has 1 aliphatic heterocycles. The van der Waals surface area contributed by atoms with E-state index in [0.29, 0.717) is 12.5 Å². The third-order valence-electron chi connectivity index (χ3n) is 4.17. The number of aliphatic carboxylic acids is 1. The number of carboxylic acids is 1. The molecule has 0 bridgehead atoms. The molecule has 3 rings (SSSR count). The van der Waals surface area contributed by atoms with Crippen molar-refractivity contribution in [3.63, 3.8) is 0 Å². The topological polar surface area (TPSA) is 58.4 Å². The molecular weight excluding hydrogens is 278 g/mol. The first-order chi connectivity index (χ1) is 10.6. The van der Waals surface area contributed by atoms with Gasteiger partial charge in [-0.05, 0) is 36.1 Å². The Kier molecular flexibility index (Phi) is 4.24. The number of piperidine rings is 1. The summed E-state index contributed by atoms with van der Waals surface area (Å²) >= 11 is 0. The molecule has 5 heteroatoms. The highest BCUT2D eigenvalue weighted by Crippen LogP contribution is 2.23. The van der Waals surface area contributed by atoms with E-state index in [4.69, 9.17) is 0 Å². The lowest BCUT2D eigenvalue weighted by molar-refractivity contribution is -0.144. The molecule has 1 aromatic heterocycles. The highest BCUT2D eigenvalue weighted by molar-refractivity contribution is 5.70. The van der Waals surface area contributed by atoms with Crippen LogP contribution in [0, 0.1) is 11.8 Å². The Hall–Kier alpha value is -2.14. The van der Waals surface area contributed by atoms with Crippen molar-refractivity contribution in [2.24, 2.45) is 11.8 Å². The van der Waals surface area contributed by atoms with Gasteiger partial charge in [-0.3, -0.25) is 9.69 Å². The van der Waals surface area contributed by atoms with Gasteiger partial charge in [0.25, 0.3) is 0 Å². The van der Waals surface area contributed by atoms with Crippen LogP contribution in [0.5, 0.6) is 0 Å². The average molecular weight is 299 g/mol. The Labute approximate surface area is 130 Å². The van der Waals surface area contributed by atoms with Crippen molar-refractivity contribution >= 4 is 5.97 Å². The number of carboxylic acid groups (broad SMARTS) is 1. The summed E-state index contributed by atoms with van der Waals surface area (Å²) in [5.41, 5.74) is 2.22. The van der Waals surface area contributed by atoms with E-state index in [1.165, 1.54) is 5.56 Å². The molecule has 1 saturated heterocycles. The maximum atomic E-state index is 11.3. The predicted octanol–water partition coefficient (Wildman–Crippen LogP) is 2.41. The van der Waals surface area contributed by atoms with Gasteiger partial charge in [-0.2, -0.15) is 5.10 Å². The fourth-order valence-corrected chi connectivity index (χ4v) is 3.25. The second-order valence-corrected chi connectivity index (χ2v) is 6.19. The zero-order valence-electron chi connectivity index (χ0n) is 12.7. The van der Waals surface area contributed by atoms with Crippen molar-refractivity contribution in [1.82, 2.24) is 14.7 Å². The van der Waals surface area contributed by atoms with Gasteiger partial charge in [-0.15, -0.1) is 0 Å². The van der Waals surface area contributed by atoms with Crippen molar-refractivity contribution in [2.45, 2.75) is 19.9 Å². The molecule has 2 unspecified atom stereocenters. The molecule has 0 radical (unpaired) electrons. The lowest BCUT2D eigenvalue weighted by atomic mass is 9.90. The maximum Gasteiger partial charge on any atom is 0.307 e. The standard InChI is InChI=1S/C17H21N3O2/c1-13-8-15(17(21)22)12-19(10-13)11-14-4-2-5-16(9-14)20-7-3-6-18-20/h2-7,9,13,15H,8,10-12H2,1H3,(H,21,22). The summed E-state index contributed by atoms with van der Waals surface area (Å²) in [5.74, 6) is -0.510. The summed E-state index contributed by atoms with van der Waals surface area (Å²) in [6.07, 6.45) is 4.46. The van der Waals surface area contributed by atoms with Gasteiger partial charge in [0.1, 0.15) is 0 Å². The molecule has 22 heavy (non-hydrogen) atoms. The minimum absolute atomic E-state index is 0.252. The zero-order valence-corrected chi connectivity index (χ0v) is 12.7. The molecule has 0 aliphatic carbocycles. The van der Waals surface area contributed by atoms with Crippen molar-refractivity contribution in [1.29, 1.82) is 0 Å². The zero-order chi connectivity index (χ0) is 15.5. The molecule has 5 nitrogen and oxygen atoms in total. The summed E-state index contributed by atoms with van der Waals surface area (Å²) in [5, 5.41) is 13.5. The van der Waals surface area contributed by atoms with Crippen LogP contribution in [0.2, 0.25) is 0 Å². The van der Waals surface area contributed by atoms with E-state index >= 15 is 0 Å². The van der Waals surface area contributed by atoms with Gasteiger partial charge in [-0.25, -0.2) is 4.68 Å². The van der Waals surface area contributed by atoms with E-state index in [9.17, 15) is 9.90 Å². The van der Waals surface area contributed by atoms with Crippen LogP contribution in [0.15, 0.2) is 42.7 Å². The van der Waals surface area contributed by atoms with Gasteiger partial charge < -0.3 is 5.11 Å². The molecule has 0 spiro atoms. The third kappa shape index (κ3) is 3.36. The molecule has 1 N–H and O–H groups in total. The van der Waals surface area contributed by atoms with Crippen molar-refractivity contribution < 1.29 is 9.90 Å². The van der Waals surface area contributed by atoms with E-state index in [-0.39, 0.29) is 5.92 Å². The van der Waals surface area contributed by atoms with Gasteiger partial charge >= 0.3 is 5.97 Å². The monoisotopic (exact) mass is 299 g/mol. The van der Waals surface area contributed by atoms with Gasteiger partial charge in [-0.1, -0.05) is 19.1 Å². The average Bonchev–Trinajstić information content (AvgIpc) is 3.01. The molecule has 0 saturated carbocycles. The Bertz CT molecular complexity index is 639. The number of nitrogens with zero attached hydrogens (tertiary/aromatic N) is 3. The number of rotatable bonds is 4. The molecule has 1 fully saturated rings. The Morgan fingerprint density at radius 1 is 1.36 bits per heavy atom. The summed E-state index contributed by atoms with van der Waals surface area (Å²) in [6, 6.07) is 10.1. The lowest BCUT2D eigenvalue weighted by Crippen LogP contribution is -2.41. The van der Waals surface area contributed by atoms with Crippen LogP contribution in [0.1, 0.15) is 18.9 Å². The van der Waals surface area contributed by atoms with E-state index < -0.39 is 5.97 Å². The number of hydrogen-bond donors (Lipinski definition) is 1. The minimum atomic E-state index is -0.679. The molecule has 1 aliphatic rings. The van der Waals surface area contributed by atoms with E-state index in [0.717, 1.165) is 25.2 Å². The predicted molar refractivity (Wildman–Crippen MR) is 83.7 cm³/mol. The van der Waals surface area contributed by atoms with Crippen molar-refractivity contribution in [2.75, 3.05) is 13.1 Å². The Morgan fingerprint density at radius 2 is 2.23 bits per heavy atom.